The van der Waals surface area contributed by atoms with Crippen molar-refractivity contribution in [2.45, 2.75) is 18.9 Å². The summed E-state index contributed by atoms with van der Waals surface area (Å²) in [6, 6.07) is 10.9. The number of ether oxygens (including phenoxy) is 1. The smallest absolute Gasteiger partial charge is 0.356 e. The van der Waals surface area contributed by atoms with Crippen LogP contribution in [-0.2, 0) is 9.53 Å². The van der Waals surface area contributed by atoms with Crippen LogP contribution in [0.4, 0.5) is 0 Å². The molecule has 1 aromatic carbocycles. The molecule has 0 aliphatic carbocycles. The zero-order valence-electron chi connectivity index (χ0n) is 15.4. The van der Waals surface area contributed by atoms with Crippen LogP contribution in [-0.4, -0.2) is 53.2 Å². The molecular formula is C21H20N2O4. The molecule has 3 rings (SSSR count). The van der Waals surface area contributed by atoms with Crippen molar-refractivity contribution in [3.63, 3.8) is 0 Å². The number of carbonyl (C=O) groups is 2. The molecule has 1 aromatic heterocycles. The Balaban J connectivity index is 1.93. The van der Waals surface area contributed by atoms with Gasteiger partial charge in [-0.25, -0.2) is 9.78 Å². The van der Waals surface area contributed by atoms with Crippen LogP contribution in [0.1, 0.15) is 28.0 Å². The van der Waals surface area contributed by atoms with Gasteiger partial charge in [0.05, 0.1) is 12.8 Å². The molecule has 1 unspecified atom stereocenters. The van der Waals surface area contributed by atoms with Crippen molar-refractivity contribution in [3.8, 4) is 23.1 Å². The molecule has 6 nitrogen and oxygen atoms in total. The average Bonchev–Trinajstić information content (AvgIpc) is 2.94. The van der Waals surface area contributed by atoms with Gasteiger partial charge >= 0.3 is 5.97 Å². The highest BCUT2D eigenvalue weighted by molar-refractivity contribution is 5.91. The Kier molecular flexibility index (Phi) is 4.98. The summed E-state index contributed by atoms with van der Waals surface area (Å²) in [4.78, 5) is 29.7. The van der Waals surface area contributed by atoms with Crippen LogP contribution in [0.15, 0.2) is 36.4 Å². The molecule has 1 aliphatic rings. The first kappa shape index (κ1) is 18.6. The molecule has 0 saturated carbocycles. The molecule has 0 radical (unpaired) electrons. The number of benzene rings is 1. The minimum atomic E-state index is -1.63. The van der Waals surface area contributed by atoms with E-state index in [4.69, 9.17) is 4.74 Å². The van der Waals surface area contributed by atoms with E-state index in [0.717, 1.165) is 11.1 Å². The number of methoxy groups -OCH3 is 1. The molecule has 0 spiro atoms. The summed E-state index contributed by atoms with van der Waals surface area (Å²) in [6.45, 7) is 2.27. The highest BCUT2D eigenvalue weighted by Gasteiger charge is 2.42. The van der Waals surface area contributed by atoms with Gasteiger partial charge in [-0.15, -0.1) is 0 Å². The number of aliphatic hydroxyl groups is 1. The Morgan fingerprint density at radius 3 is 2.78 bits per heavy atom. The van der Waals surface area contributed by atoms with E-state index in [1.165, 1.54) is 12.0 Å². The Bertz CT molecular complexity index is 974. The van der Waals surface area contributed by atoms with Crippen molar-refractivity contribution in [1.82, 2.24) is 9.88 Å². The van der Waals surface area contributed by atoms with Gasteiger partial charge in [0, 0.05) is 31.1 Å². The Morgan fingerprint density at radius 1 is 1.33 bits per heavy atom. The number of aryl methyl sites for hydroxylation is 1. The minimum Gasteiger partial charge on any atom is -0.464 e. The second-order valence-electron chi connectivity index (χ2n) is 6.52. The van der Waals surface area contributed by atoms with Crippen LogP contribution in [0.3, 0.4) is 0 Å². The van der Waals surface area contributed by atoms with E-state index < -0.39 is 11.6 Å². The number of pyridine rings is 1. The largest absolute Gasteiger partial charge is 0.464 e. The first-order valence-electron chi connectivity index (χ1n) is 8.51. The first-order valence-corrected chi connectivity index (χ1v) is 8.51. The predicted octanol–water partition coefficient (Wildman–Crippen LogP) is 1.79. The van der Waals surface area contributed by atoms with Gasteiger partial charge in [-0.2, -0.15) is 0 Å². The number of esters is 1. The second-order valence-corrected chi connectivity index (χ2v) is 6.52. The summed E-state index contributed by atoms with van der Waals surface area (Å²) in [6.07, 6.45) is 0.289. The molecule has 2 heterocycles. The van der Waals surface area contributed by atoms with Crippen LogP contribution in [0.2, 0.25) is 0 Å². The summed E-state index contributed by atoms with van der Waals surface area (Å²) in [5.41, 5.74) is 1.39. The van der Waals surface area contributed by atoms with Crippen LogP contribution in [0.25, 0.3) is 11.3 Å². The van der Waals surface area contributed by atoms with Gasteiger partial charge in [-0.3, -0.25) is 4.79 Å². The predicted molar refractivity (Wildman–Crippen MR) is 99.8 cm³/mol. The molecule has 1 atom stereocenters. The quantitative estimate of drug-likeness (QED) is 0.649. The number of carbonyl (C=O) groups excluding carboxylic acids is 2. The lowest BCUT2D eigenvalue weighted by atomic mass is 10.0. The Hall–Kier alpha value is -3.17. The maximum atomic E-state index is 12.0. The first-order chi connectivity index (χ1) is 12.8. The van der Waals surface area contributed by atoms with Crippen molar-refractivity contribution < 1.29 is 19.4 Å². The van der Waals surface area contributed by atoms with Gasteiger partial charge in [0.25, 0.3) is 5.91 Å². The van der Waals surface area contributed by atoms with E-state index in [0.29, 0.717) is 17.8 Å². The number of hydrogen-bond acceptors (Lipinski definition) is 5. The van der Waals surface area contributed by atoms with Crippen molar-refractivity contribution in [2.24, 2.45) is 0 Å². The molecular weight excluding hydrogens is 344 g/mol. The van der Waals surface area contributed by atoms with Gasteiger partial charge in [-0.05, 0) is 30.7 Å². The third kappa shape index (κ3) is 3.69. The molecule has 27 heavy (non-hydrogen) atoms. The highest BCUT2D eigenvalue weighted by Crippen LogP contribution is 2.22. The summed E-state index contributed by atoms with van der Waals surface area (Å²) in [5, 5.41) is 10.4. The number of aromatic nitrogens is 1. The van der Waals surface area contributed by atoms with Gasteiger partial charge in [0.1, 0.15) is 0 Å². The van der Waals surface area contributed by atoms with E-state index in [-0.39, 0.29) is 18.0 Å². The third-order valence-corrected chi connectivity index (χ3v) is 4.56. The standard InChI is InChI=1S/C21H20N2O4/c1-14-7-8-17(22-18(14)19(24)27-3)16-6-4-5-15(13-16)9-10-21(26)11-12-23(2)20(21)25/h4-8,13,26H,11-12H2,1-3H3. The van der Waals surface area contributed by atoms with Gasteiger partial charge in [-0.1, -0.05) is 30.0 Å². The fourth-order valence-electron chi connectivity index (χ4n) is 2.89. The fourth-order valence-corrected chi connectivity index (χ4v) is 2.89. The molecule has 2 aromatic rings. The maximum absolute atomic E-state index is 12.0. The molecule has 138 valence electrons. The Labute approximate surface area is 157 Å². The van der Waals surface area contributed by atoms with E-state index in [9.17, 15) is 14.7 Å². The summed E-state index contributed by atoms with van der Waals surface area (Å²) in [7, 11) is 2.96. The summed E-state index contributed by atoms with van der Waals surface area (Å²) >= 11 is 0. The maximum Gasteiger partial charge on any atom is 0.356 e. The number of rotatable bonds is 2. The van der Waals surface area contributed by atoms with E-state index in [2.05, 4.69) is 16.8 Å². The van der Waals surface area contributed by atoms with E-state index >= 15 is 0 Å². The average molecular weight is 364 g/mol. The molecule has 6 heteroatoms. The number of likely N-dealkylation sites (tertiary alicyclic amines) is 1. The monoisotopic (exact) mass is 364 g/mol. The third-order valence-electron chi connectivity index (χ3n) is 4.56. The SMILES string of the molecule is COC(=O)c1nc(-c2cccc(C#CC3(O)CCN(C)C3=O)c2)ccc1C. The van der Waals surface area contributed by atoms with Crippen LogP contribution in [0.5, 0.6) is 0 Å². The summed E-state index contributed by atoms with van der Waals surface area (Å²) < 4.78 is 4.77. The van der Waals surface area contributed by atoms with Crippen LogP contribution in [0, 0.1) is 18.8 Å². The zero-order valence-corrected chi connectivity index (χ0v) is 15.4. The second kappa shape index (κ2) is 7.22. The number of nitrogens with zero attached hydrogens (tertiary/aromatic N) is 2. The van der Waals surface area contributed by atoms with Gasteiger partial charge in [0.15, 0.2) is 5.69 Å². The van der Waals surface area contributed by atoms with Crippen molar-refractivity contribution >= 4 is 11.9 Å². The van der Waals surface area contributed by atoms with Crippen molar-refractivity contribution in [1.29, 1.82) is 0 Å². The molecule has 1 N–H and O–H groups in total. The fraction of sp³-hybridized carbons (Fsp3) is 0.286. The number of hydrogen-bond donors (Lipinski definition) is 1. The van der Waals surface area contributed by atoms with E-state index in [1.54, 1.807) is 26.1 Å². The van der Waals surface area contributed by atoms with Gasteiger partial charge < -0.3 is 14.7 Å². The van der Waals surface area contributed by atoms with Gasteiger partial charge in [0.2, 0.25) is 5.60 Å². The normalized spacial score (nSPS) is 18.8. The molecule has 1 saturated heterocycles. The zero-order chi connectivity index (χ0) is 19.6. The Morgan fingerprint density at radius 2 is 2.11 bits per heavy atom. The van der Waals surface area contributed by atoms with E-state index in [1.807, 2.05) is 24.3 Å². The molecule has 1 aliphatic heterocycles. The van der Waals surface area contributed by atoms with Crippen molar-refractivity contribution in [3.05, 3.63) is 53.2 Å². The lowest BCUT2D eigenvalue weighted by Gasteiger charge is -2.13. The van der Waals surface area contributed by atoms with Crippen molar-refractivity contribution in [2.75, 3.05) is 20.7 Å². The topological polar surface area (TPSA) is 79.7 Å². The van der Waals surface area contributed by atoms with Crippen LogP contribution < -0.4 is 0 Å². The minimum absolute atomic E-state index is 0.264. The molecule has 1 fully saturated rings. The number of likely N-dealkylation sites (N-methyl/N-ethyl adjacent to an activating group) is 1. The lowest BCUT2D eigenvalue weighted by molar-refractivity contribution is -0.137. The van der Waals surface area contributed by atoms with Crippen LogP contribution >= 0.6 is 0 Å². The highest BCUT2D eigenvalue weighted by atomic mass is 16.5. The summed E-state index contributed by atoms with van der Waals surface area (Å²) in [5.74, 6) is 4.71. The number of amides is 1. The molecule has 0 bridgehead atoms. The molecule has 1 amide bonds. The lowest BCUT2D eigenvalue weighted by Crippen LogP contribution is -2.37.